The van der Waals surface area contributed by atoms with Gasteiger partial charge in [0.05, 0.1) is 20.5 Å². The lowest BCUT2D eigenvalue weighted by Crippen LogP contribution is -2.08. The summed E-state index contributed by atoms with van der Waals surface area (Å²) in [6.07, 6.45) is -0.572. The lowest BCUT2D eigenvalue weighted by molar-refractivity contribution is 0.268. The highest BCUT2D eigenvalue weighted by atomic mass is 32.2. The first-order chi connectivity index (χ1) is 7.16. The standard InChI is InChI=1S/C10H9NOS3/c1-6(12)9(13)15-10-11-7-4-2-3-5-8(7)14-10/h2-6,12H,1H3. The van der Waals surface area contributed by atoms with Gasteiger partial charge >= 0.3 is 0 Å². The average Bonchev–Trinajstić information content (AvgIpc) is 2.59. The summed E-state index contributed by atoms with van der Waals surface area (Å²) in [7, 11) is 0. The van der Waals surface area contributed by atoms with Crippen molar-refractivity contribution in [3.63, 3.8) is 0 Å². The highest BCUT2D eigenvalue weighted by Crippen LogP contribution is 2.30. The molecular weight excluding hydrogens is 246 g/mol. The van der Waals surface area contributed by atoms with Crippen LogP contribution in [0.5, 0.6) is 0 Å². The van der Waals surface area contributed by atoms with Crippen molar-refractivity contribution < 1.29 is 5.11 Å². The van der Waals surface area contributed by atoms with Gasteiger partial charge in [0.25, 0.3) is 0 Å². The number of thioether (sulfide) groups is 1. The van der Waals surface area contributed by atoms with E-state index in [1.54, 1.807) is 18.3 Å². The van der Waals surface area contributed by atoms with Gasteiger partial charge < -0.3 is 5.11 Å². The molecule has 1 aromatic carbocycles. The van der Waals surface area contributed by atoms with Crippen molar-refractivity contribution >= 4 is 49.7 Å². The van der Waals surface area contributed by atoms with E-state index < -0.39 is 6.10 Å². The third kappa shape index (κ3) is 2.55. The summed E-state index contributed by atoms with van der Waals surface area (Å²) in [6.45, 7) is 1.67. The molecule has 1 heterocycles. The first kappa shape index (κ1) is 11.0. The second-order valence-corrected chi connectivity index (χ2v) is 6.06. The highest BCUT2D eigenvalue weighted by molar-refractivity contribution is 8.24. The summed E-state index contributed by atoms with van der Waals surface area (Å²) < 4.78 is 2.60. The summed E-state index contributed by atoms with van der Waals surface area (Å²) in [4.78, 5) is 4.42. The lowest BCUT2D eigenvalue weighted by atomic mass is 10.3. The molecule has 78 valence electrons. The summed E-state index contributed by atoms with van der Waals surface area (Å²) in [5, 5.41) is 9.27. The molecule has 0 radical (unpaired) electrons. The normalized spacial score (nSPS) is 12.9. The molecule has 0 aliphatic heterocycles. The van der Waals surface area contributed by atoms with E-state index in [0.29, 0.717) is 4.20 Å². The van der Waals surface area contributed by atoms with Crippen LogP contribution in [0.3, 0.4) is 0 Å². The van der Waals surface area contributed by atoms with Crippen LogP contribution >= 0.6 is 35.3 Å². The molecule has 0 bridgehead atoms. The SMILES string of the molecule is CC(O)C(=S)Sc1nc2ccccc2s1. The van der Waals surface area contributed by atoms with Gasteiger partial charge in [-0.15, -0.1) is 11.3 Å². The van der Waals surface area contributed by atoms with E-state index in [0.717, 1.165) is 14.6 Å². The van der Waals surface area contributed by atoms with Crippen molar-refractivity contribution in [3.8, 4) is 0 Å². The molecule has 2 aromatic rings. The van der Waals surface area contributed by atoms with Crippen LogP contribution in [-0.4, -0.2) is 20.4 Å². The maximum Gasteiger partial charge on any atom is 0.156 e. The molecule has 1 N–H and O–H groups in total. The van der Waals surface area contributed by atoms with Crippen molar-refractivity contribution in [3.05, 3.63) is 24.3 Å². The van der Waals surface area contributed by atoms with Gasteiger partial charge in [0.15, 0.2) is 4.34 Å². The molecule has 1 atom stereocenters. The zero-order chi connectivity index (χ0) is 10.8. The van der Waals surface area contributed by atoms with Gasteiger partial charge in [-0.2, -0.15) is 0 Å². The van der Waals surface area contributed by atoms with E-state index in [4.69, 9.17) is 12.2 Å². The smallest absolute Gasteiger partial charge is 0.156 e. The van der Waals surface area contributed by atoms with E-state index in [2.05, 4.69) is 4.98 Å². The minimum atomic E-state index is -0.572. The average molecular weight is 255 g/mol. The molecule has 0 aliphatic rings. The Labute approximate surface area is 101 Å². The van der Waals surface area contributed by atoms with Crippen molar-refractivity contribution in [2.24, 2.45) is 0 Å². The fourth-order valence-corrected chi connectivity index (χ4v) is 3.35. The molecule has 2 nitrogen and oxygen atoms in total. The molecule has 0 saturated carbocycles. The molecule has 0 spiro atoms. The molecule has 0 saturated heterocycles. The van der Waals surface area contributed by atoms with Gasteiger partial charge in [0.2, 0.25) is 0 Å². The Morgan fingerprint density at radius 2 is 2.27 bits per heavy atom. The molecule has 1 aromatic heterocycles. The summed E-state index contributed by atoms with van der Waals surface area (Å²) in [5.74, 6) is 0. The van der Waals surface area contributed by atoms with Crippen molar-refractivity contribution in [1.82, 2.24) is 4.98 Å². The third-order valence-electron chi connectivity index (χ3n) is 1.80. The number of aromatic nitrogens is 1. The summed E-state index contributed by atoms with van der Waals surface area (Å²) in [5.41, 5.74) is 0.985. The number of benzene rings is 1. The number of para-hydroxylation sites is 1. The van der Waals surface area contributed by atoms with Crippen LogP contribution in [0.1, 0.15) is 6.92 Å². The van der Waals surface area contributed by atoms with Crippen LogP contribution in [0.2, 0.25) is 0 Å². The minimum absolute atomic E-state index is 0.564. The molecule has 5 heteroatoms. The third-order valence-corrected chi connectivity index (χ3v) is 4.53. The molecule has 15 heavy (non-hydrogen) atoms. The fraction of sp³-hybridized carbons (Fsp3) is 0.200. The fourth-order valence-electron chi connectivity index (χ4n) is 1.07. The van der Waals surface area contributed by atoms with E-state index in [1.807, 2.05) is 24.3 Å². The van der Waals surface area contributed by atoms with Gasteiger partial charge in [-0.3, -0.25) is 0 Å². The quantitative estimate of drug-likeness (QED) is 0.660. The zero-order valence-electron chi connectivity index (χ0n) is 8.01. The number of hydrogen-bond donors (Lipinski definition) is 1. The maximum atomic E-state index is 9.27. The van der Waals surface area contributed by atoms with Gasteiger partial charge in [-0.05, 0) is 30.8 Å². The first-order valence-corrected chi connectivity index (χ1v) is 6.46. The minimum Gasteiger partial charge on any atom is -0.387 e. The highest BCUT2D eigenvalue weighted by Gasteiger charge is 2.10. The number of thiazole rings is 1. The Kier molecular flexibility index (Phi) is 3.35. The number of aliphatic hydroxyl groups is 1. The second-order valence-electron chi connectivity index (χ2n) is 3.04. The Morgan fingerprint density at radius 3 is 2.93 bits per heavy atom. The number of rotatable bonds is 2. The summed E-state index contributed by atoms with van der Waals surface area (Å²) >= 11 is 8.01. The predicted octanol–water partition coefficient (Wildman–Crippen LogP) is 3.10. The van der Waals surface area contributed by atoms with Crippen LogP contribution in [-0.2, 0) is 0 Å². The van der Waals surface area contributed by atoms with Gasteiger partial charge in [0, 0.05) is 0 Å². The topological polar surface area (TPSA) is 33.1 Å². The second kappa shape index (κ2) is 4.57. The monoisotopic (exact) mass is 255 g/mol. The molecule has 0 aliphatic carbocycles. The Bertz CT molecular complexity index is 459. The number of thiocarbonyl (C=S) groups is 1. The largest absolute Gasteiger partial charge is 0.387 e. The van der Waals surface area contributed by atoms with E-state index in [9.17, 15) is 5.11 Å². The van der Waals surface area contributed by atoms with Crippen molar-refractivity contribution in [2.45, 2.75) is 17.4 Å². The maximum absolute atomic E-state index is 9.27. The van der Waals surface area contributed by atoms with Gasteiger partial charge in [-0.1, -0.05) is 24.4 Å². The van der Waals surface area contributed by atoms with Crippen molar-refractivity contribution in [1.29, 1.82) is 0 Å². The number of nitrogens with zero attached hydrogens (tertiary/aromatic N) is 1. The van der Waals surface area contributed by atoms with E-state index in [1.165, 1.54) is 11.8 Å². The zero-order valence-corrected chi connectivity index (χ0v) is 10.5. The Hall–Kier alpha value is -0.490. The summed E-state index contributed by atoms with van der Waals surface area (Å²) in [6, 6.07) is 7.95. The molecular formula is C10H9NOS3. The van der Waals surface area contributed by atoms with Crippen LogP contribution in [0, 0.1) is 0 Å². The number of aliphatic hydroxyl groups excluding tert-OH is 1. The van der Waals surface area contributed by atoms with Gasteiger partial charge in [0.1, 0.15) is 0 Å². The first-order valence-electron chi connectivity index (χ1n) is 4.42. The molecule has 1 unspecified atom stereocenters. The predicted molar refractivity (Wildman–Crippen MR) is 69.8 cm³/mol. The van der Waals surface area contributed by atoms with Crippen LogP contribution in [0.25, 0.3) is 10.2 Å². The van der Waals surface area contributed by atoms with Crippen molar-refractivity contribution in [2.75, 3.05) is 0 Å². The lowest BCUT2D eigenvalue weighted by Gasteiger charge is -2.01. The Balaban J connectivity index is 2.26. The number of hydrogen-bond acceptors (Lipinski definition) is 5. The van der Waals surface area contributed by atoms with Gasteiger partial charge in [-0.25, -0.2) is 4.98 Å². The van der Waals surface area contributed by atoms with Crippen LogP contribution in [0.15, 0.2) is 28.6 Å². The van der Waals surface area contributed by atoms with E-state index in [-0.39, 0.29) is 0 Å². The van der Waals surface area contributed by atoms with Crippen LogP contribution < -0.4 is 0 Å². The number of fused-ring (bicyclic) bond motifs is 1. The van der Waals surface area contributed by atoms with E-state index >= 15 is 0 Å². The Morgan fingerprint density at radius 1 is 1.53 bits per heavy atom. The van der Waals surface area contributed by atoms with Crippen LogP contribution in [0.4, 0.5) is 0 Å². The molecule has 0 fully saturated rings. The molecule has 0 amide bonds. The molecule has 2 rings (SSSR count).